The Hall–Kier alpha value is -0.260. The van der Waals surface area contributed by atoms with Crippen molar-refractivity contribution in [3.05, 3.63) is 0 Å². The molecule has 1 fully saturated rings. The first-order valence-corrected chi connectivity index (χ1v) is 7.52. The van der Waals surface area contributed by atoms with Gasteiger partial charge in [-0.3, -0.25) is 4.79 Å². The van der Waals surface area contributed by atoms with Crippen molar-refractivity contribution < 1.29 is 9.53 Å². The third-order valence-electron chi connectivity index (χ3n) is 2.45. The van der Waals surface area contributed by atoms with E-state index in [-0.39, 0.29) is 11.9 Å². The zero-order valence-corrected chi connectivity index (χ0v) is 11.6. The second kappa shape index (κ2) is 8.78. The summed E-state index contributed by atoms with van der Waals surface area (Å²) in [6.45, 7) is 7.43. The molecule has 17 heavy (non-hydrogen) atoms. The van der Waals surface area contributed by atoms with Gasteiger partial charge < -0.3 is 15.4 Å². The van der Waals surface area contributed by atoms with E-state index >= 15 is 0 Å². The summed E-state index contributed by atoms with van der Waals surface area (Å²) < 4.78 is 5.45. The minimum Gasteiger partial charge on any atom is -0.381 e. The molecule has 4 nitrogen and oxygen atoms in total. The number of carbonyl (C=O) groups excluding carboxylic acids is 1. The molecule has 1 atom stereocenters. The summed E-state index contributed by atoms with van der Waals surface area (Å²) in [7, 11) is 0. The van der Waals surface area contributed by atoms with Crippen LogP contribution in [0.4, 0.5) is 0 Å². The molecule has 1 rings (SSSR count). The van der Waals surface area contributed by atoms with Crippen molar-refractivity contribution in [2.24, 2.45) is 5.92 Å². The first kappa shape index (κ1) is 14.8. The van der Waals surface area contributed by atoms with Crippen LogP contribution in [0.15, 0.2) is 0 Å². The third kappa shape index (κ3) is 6.91. The summed E-state index contributed by atoms with van der Waals surface area (Å²) in [6.07, 6.45) is 0.887. The van der Waals surface area contributed by atoms with Gasteiger partial charge in [0.15, 0.2) is 0 Å². The minimum atomic E-state index is -0.00895. The van der Waals surface area contributed by atoms with Gasteiger partial charge in [0.05, 0.1) is 6.04 Å². The zero-order valence-electron chi connectivity index (χ0n) is 10.8. The highest BCUT2D eigenvalue weighted by Crippen LogP contribution is 2.07. The lowest BCUT2D eigenvalue weighted by atomic mass is 10.2. The van der Waals surface area contributed by atoms with Crippen molar-refractivity contribution in [1.29, 1.82) is 0 Å². The predicted molar refractivity (Wildman–Crippen MR) is 72.4 cm³/mol. The standard InChI is InChI=1S/C12H24N2O2S/c1-10(2)8-16-6-3-4-14-12(15)11-9-17-7-5-13-11/h10-11,13H,3-9H2,1-2H3,(H,14,15). The highest BCUT2D eigenvalue weighted by molar-refractivity contribution is 7.99. The van der Waals surface area contributed by atoms with Crippen molar-refractivity contribution in [3.8, 4) is 0 Å². The van der Waals surface area contributed by atoms with E-state index in [1.54, 1.807) is 0 Å². The Labute approximate surface area is 108 Å². The van der Waals surface area contributed by atoms with Crippen molar-refractivity contribution in [2.45, 2.75) is 26.3 Å². The molecule has 1 unspecified atom stereocenters. The monoisotopic (exact) mass is 260 g/mol. The van der Waals surface area contributed by atoms with Crippen LogP contribution in [0, 0.1) is 5.92 Å². The number of thioether (sulfide) groups is 1. The fourth-order valence-corrected chi connectivity index (χ4v) is 2.50. The summed E-state index contributed by atoms with van der Waals surface area (Å²) in [5.74, 6) is 2.69. The lowest BCUT2D eigenvalue weighted by Gasteiger charge is -2.22. The van der Waals surface area contributed by atoms with Gasteiger partial charge in [-0.25, -0.2) is 0 Å². The highest BCUT2D eigenvalue weighted by Gasteiger charge is 2.19. The average molecular weight is 260 g/mol. The molecule has 0 bridgehead atoms. The molecule has 0 saturated carbocycles. The lowest BCUT2D eigenvalue weighted by Crippen LogP contribution is -2.49. The largest absolute Gasteiger partial charge is 0.381 e. The Morgan fingerprint density at radius 2 is 2.41 bits per heavy atom. The molecule has 0 aromatic heterocycles. The first-order valence-electron chi connectivity index (χ1n) is 6.36. The molecule has 2 N–H and O–H groups in total. The van der Waals surface area contributed by atoms with Gasteiger partial charge >= 0.3 is 0 Å². The van der Waals surface area contributed by atoms with Gasteiger partial charge in [0, 0.05) is 37.8 Å². The SMILES string of the molecule is CC(C)COCCCNC(=O)C1CSCCN1. The number of amides is 1. The van der Waals surface area contributed by atoms with Gasteiger partial charge in [0.1, 0.15) is 0 Å². The maximum atomic E-state index is 11.7. The van der Waals surface area contributed by atoms with E-state index in [2.05, 4.69) is 24.5 Å². The van der Waals surface area contributed by atoms with Crippen LogP contribution in [0.3, 0.4) is 0 Å². The second-order valence-corrected chi connectivity index (χ2v) is 5.84. The molecule has 1 amide bonds. The van der Waals surface area contributed by atoms with E-state index in [4.69, 9.17) is 4.74 Å². The molecular formula is C12H24N2O2S. The lowest BCUT2D eigenvalue weighted by molar-refractivity contribution is -0.122. The van der Waals surface area contributed by atoms with Gasteiger partial charge in [-0.05, 0) is 12.3 Å². The smallest absolute Gasteiger partial charge is 0.237 e. The molecule has 1 aliphatic heterocycles. The minimum absolute atomic E-state index is 0.00895. The molecule has 0 aliphatic carbocycles. The molecule has 0 aromatic rings. The first-order chi connectivity index (χ1) is 8.20. The number of ether oxygens (including phenoxy) is 1. The fraction of sp³-hybridized carbons (Fsp3) is 0.917. The highest BCUT2D eigenvalue weighted by atomic mass is 32.2. The van der Waals surface area contributed by atoms with Crippen LogP contribution in [0.1, 0.15) is 20.3 Å². The third-order valence-corrected chi connectivity index (χ3v) is 3.52. The van der Waals surface area contributed by atoms with Crippen LogP contribution in [0.2, 0.25) is 0 Å². The van der Waals surface area contributed by atoms with Crippen LogP contribution in [-0.2, 0) is 9.53 Å². The maximum absolute atomic E-state index is 11.7. The number of hydrogen-bond donors (Lipinski definition) is 2. The van der Waals surface area contributed by atoms with Gasteiger partial charge in [-0.2, -0.15) is 11.8 Å². The Bertz CT molecular complexity index is 219. The summed E-state index contributed by atoms with van der Waals surface area (Å²) in [5.41, 5.74) is 0. The number of hydrogen-bond acceptors (Lipinski definition) is 4. The molecule has 1 heterocycles. The second-order valence-electron chi connectivity index (χ2n) is 4.69. The van der Waals surface area contributed by atoms with Gasteiger partial charge in [-0.1, -0.05) is 13.8 Å². The van der Waals surface area contributed by atoms with E-state index in [0.29, 0.717) is 12.5 Å². The molecule has 0 aromatic carbocycles. The van der Waals surface area contributed by atoms with Crippen molar-refractivity contribution >= 4 is 17.7 Å². The Morgan fingerprint density at radius 3 is 3.06 bits per heavy atom. The number of carbonyl (C=O) groups is 1. The number of nitrogens with one attached hydrogen (secondary N) is 2. The predicted octanol–water partition coefficient (Wildman–Crippen LogP) is 0.870. The molecule has 0 spiro atoms. The van der Waals surface area contributed by atoms with Crippen molar-refractivity contribution in [2.75, 3.05) is 37.8 Å². The van der Waals surface area contributed by atoms with E-state index in [1.807, 2.05) is 11.8 Å². The van der Waals surface area contributed by atoms with E-state index in [1.165, 1.54) is 0 Å². The van der Waals surface area contributed by atoms with Crippen LogP contribution in [0.5, 0.6) is 0 Å². The summed E-state index contributed by atoms with van der Waals surface area (Å²) in [5, 5.41) is 6.17. The Morgan fingerprint density at radius 1 is 1.59 bits per heavy atom. The fourth-order valence-electron chi connectivity index (χ4n) is 1.56. The van der Waals surface area contributed by atoms with E-state index < -0.39 is 0 Å². The molecule has 0 radical (unpaired) electrons. The summed E-state index contributed by atoms with van der Waals surface area (Å²) >= 11 is 1.83. The normalized spacial score (nSPS) is 20.5. The average Bonchev–Trinajstić information content (AvgIpc) is 2.34. The quantitative estimate of drug-likeness (QED) is 0.667. The van der Waals surface area contributed by atoms with Gasteiger partial charge in [0.2, 0.25) is 5.91 Å². The zero-order chi connectivity index (χ0) is 12.5. The van der Waals surface area contributed by atoms with E-state index in [9.17, 15) is 4.79 Å². The van der Waals surface area contributed by atoms with E-state index in [0.717, 1.165) is 37.7 Å². The van der Waals surface area contributed by atoms with Crippen LogP contribution < -0.4 is 10.6 Å². The molecule has 1 aliphatic rings. The van der Waals surface area contributed by atoms with Crippen LogP contribution in [0.25, 0.3) is 0 Å². The molecule has 1 saturated heterocycles. The van der Waals surface area contributed by atoms with Crippen molar-refractivity contribution in [1.82, 2.24) is 10.6 Å². The topological polar surface area (TPSA) is 50.4 Å². The molecular weight excluding hydrogens is 236 g/mol. The molecule has 100 valence electrons. The van der Waals surface area contributed by atoms with Crippen LogP contribution >= 0.6 is 11.8 Å². The molecule has 5 heteroatoms. The van der Waals surface area contributed by atoms with Crippen molar-refractivity contribution in [3.63, 3.8) is 0 Å². The van der Waals surface area contributed by atoms with Crippen LogP contribution in [-0.4, -0.2) is 49.8 Å². The Kier molecular flexibility index (Phi) is 7.64. The summed E-state index contributed by atoms with van der Waals surface area (Å²) in [4.78, 5) is 11.7. The Balaban J connectivity index is 1.96. The maximum Gasteiger partial charge on any atom is 0.237 e. The summed E-state index contributed by atoms with van der Waals surface area (Å²) in [6, 6.07) is -0.00895. The van der Waals surface area contributed by atoms with Gasteiger partial charge in [0.25, 0.3) is 0 Å². The number of rotatable bonds is 7. The van der Waals surface area contributed by atoms with Gasteiger partial charge in [-0.15, -0.1) is 0 Å².